The summed E-state index contributed by atoms with van der Waals surface area (Å²) >= 11 is 0. The Hall–Kier alpha value is -2.01. The first-order chi connectivity index (χ1) is 8.58. The van der Waals surface area contributed by atoms with Crippen molar-refractivity contribution in [3.8, 4) is 11.5 Å². The highest BCUT2D eigenvalue weighted by Gasteiger charge is 2.08. The number of pyridine rings is 1. The van der Waals surface area contributed by atoms with E-state index in [9.17, 15) is 8.78 Å². The monoisotopic (exact) mass is 251 g/mol. The molecule has 3 nitrogen and oxygen atoms in total. The molecule has 0 saturated heterocycles. The number of hydrogen-bond acceptors (Lipinski definition) is 3. The van der Waals surface area contributed by atoms with E-state index in [1.54, 1.807) is 13.0 Å². The Morgan fingerprint density at radius 2 is 1.83 bits per heavy atom. The molecule has 18 heavy (non-hydrogen) atoms. The molecular formula is C13H11F2NO2. The Bertz CT molecular complexity index is 553. The van der Waals surface area contributed by atoms with Crippen LogP contribution < -0.4 is 4.74 Å². The lowest BCUT2D eigenvalue weighted by molar-refractivity contribution is 0.276. The van der Waals surface area contributed by atoms with Crippen molar-refractivity contribution >= 4 is 0 Å². The van der Waals surface area contributed by atoms with Crippen LogP contribution in [0.1, 0.15) is 11.3 Å². The van der Waals surface area contributed by atoms with E-state index < -0.39 is 11.6 Å². The van der Waals surface area contributed by atoms with Gasteiger partial charge in [0.15, 0.2) is 0 Å². The zero-order chi connectivity index (χ0) is 13.1. The average Bonchev–Trinajstić information content (AvgIpc) is 2.27. The minimum absolute atomic E-state index is 0.0350. The van der Waals surface area contributed by atoms with E-state index in [4.69, 9.17) is 9.84 Å². The molecule has 2 aromatic rings. The third-order valence-corrected chi connectivity index (χ3v) is 2.31. The van der Waals surface area contributed by atoms with Crippen molar-refractivity contribution in [2.75, 3.05) is 0 Å². The third kappa shape index (κ3) is 2.81. The Morgan fingerprint density at radius 1 is 1.17 bits per heavy atom. The number of rotatable bonds is 3. The Morgan fingerprint density at radius 3 is 2.44 bits per heavy atom. The van der Waals surface area contributed by atoms with Gasteiger partial charge in [0.25, 0.3) is 0 Å². The fourth-order valence-electron chi connectivity index (χ4n) is 1.49. The van der Waals surface area contributed by atoms with Gasteiger partial charge in [0.2, 0.25) is 0 Å². The fraction of sp³-hybridized carbons (Fsp3) is 0.154. The van der Waals surface area contributed by atoms with Crippen molar-refractivity contribution in [3.05, 3.63) is 53.4 Å². The summed E-state index contributed by atoms with van der Waals surface area (Å²) < 4.78 is 31.4. The van der Waals surface area contributed by atoms with E-state index in [-0.39, 0.29) is 12.4 Å². The molecule has 0 fully saturated rings. The Balaban J connectivity index is 2.35. The number of ether oxygens (including phenoxy) is 1. The van der Waals surface area contributed by atoms with E-state index in [1.807, 2.05) is 0 Å². The lowest BCUT2D eigenvalue weighted by atomic mass is 10.2. The fourth-order valence-corrected chi connectivity index (χ4v) is 1.49. The molecule has 0 atom stereocenters. The van der Waals surface area contributed by atoms with Gasteiger partial charge in [-0.05, 0) is 6.92 Å². The van der Waals surface area contributed by atoms with Crippen LogP contribution in [0.3, 0.4) is 0 Å². The number of nitrogens with zero attached hydrogens (tertiary/aromatic N) is 1. The molecule has 0 aliphatic rings. The van der Waals surface area contributed by atoms with Gasteiger partial charge in [-0.2, -0.15) is 0 Å². The van der Waals surface area contributed by atoms with Gasteiger partial charge in [0.1, 0.15) is 23.1 Å². The van der Waals surface area contributed by atoms with Gasteiger partial charge in [-0.25, -0.2) is 8.78 Å². The summed E-state index contributed by atoms with van der Waals surface area (Å²) in [6, 6.07) is 4.49. The summed E-state index contributed by atoms with van der Waals surface area (Å²) in [6.07, 6.45) is 1.46. The van der Waals surface area contributed by atoms with Crippen LogP contribution >= 0.6 is 0 Å². The topological polar surface area (TPSA) is 42.4 Å². The van der Waals surface area contributed by atoms with Crippen LogP contribution in [0.2, 0.25) is 0 Å². The van der Waals surface area contributed by atoms with Gasteiger partial charge in [0.05, 0.1) is 6.61 Å². The van der Waals surface area contributed by atoms with Crippen LogP contribution in [0, 0.1) is 18.6 Å². The minimum Gasteiger partial charge on any atom is -0.457 e. The highest BCUT2D eigenvalue weighted by Crippen LogP contribution is 2.26. The van der Waals surface area contributed by atoms with Gasteiger partial charge >= 0.3 is 0 Å². The molecule has 0 amide bonds. The Kier molecular flexibility index (Phi) is 3.53. The maximum atomic E-state index is 13.0. The molecule has 0 spiro atoms. The summed E-state index contributed by atoms with van der Waals surface area (Å²) in [5, 5.41) is 9.13. The van der Waals surface area contributed by atoms with Crippen molar-refractivity contribution in [2.45, 2.75) is 13.5 Å². The molecule has 1 heterocycles. The lowest BCUT2D eigenvalue weighted by Crippen LogP contribution is -1.95. The van der Waals surface area contributed by atoms with E-state index in [0.717, 1.165) is 18.2 Å². The molecule has 1 aromatic heterocycles. The lowest BCUT2D eigenvalue weighted by Gasteiger charge is -2.10. The number of hydrogen-bond donors (Lipinski definition) is 1. The Labute approximate surface area is 103 Å². The SMILES string of the molecule is Cc1cc(Oc2cc(F)cc(F)c2)c(CO)cn1. The van der Waals surface area contributed by atoms with Crippen LogP contribution in [0.5, 0.6) is 11.5 Å². The number of aliphatic hydroxyl groups excluding tert-OH is 1. The van der Waals surface area contributed by atoms with Crippen molar-refractivity contribution < 1.29 is 18.6 Å². The maximum absolute atomic E-state index is 13.0. The van der Waals surface area contributed by atoms with Crippen LogP contribution in [-0.4, -0.2) is 10.1 Å². The second-order valence-electron chi connectivity index (χ2n) is 3.80. The predicted molar refractivity (Wildman–Crippen MR) is 61.3 cm³/mol. The summed E-state index contributed by atoms with van der Waals surface area (Å²) in [5.74, 6) is -1.08. The number of aliphatic hydroxyl groups is 1. The number of halogens is 2. The van der Waals surface area contributed by atoms with E-state index >= 15 is 0 Å². The van der Waals surface area contributed by atoms with Crippen LogP contribution in [-0.2, 0) is 6.61 Å². The molecule has 1 N–H and O–H groups in total. The molecule has 0 aliphatic carbocycles. The molecule has 1 aromatic carbocycles. The first-order valence-corrected chi connectivity index (χ1v) is 5.29. The highest BCUT2D eigenvalue weighted by atomic mass is 19.1. The molecule has 5 heteroatoms. The highest BCUT2D eigenvalue weighted by molar-refractivity contribution is 5.37. The van der Waals surface area contributed by atoms with Crippen LogP contribution in [0.15, 0.2) is 30.5 Å². The molecule has 0 bridgehead atoms. The summed E-state index contributed by atoms with van der Waals surface area (Å²) in [7, 11) is 0. The zero-order valence-corrected chi connectivity index (χ0v) is 9.65. The second kappa shape index (κ2) is 5.10. The zero-order valence-electron chi connectivity index (χ0n) is 9.65. The van der Waals surface area contributed by atoms with Crippen molar-refractivity contribution in [1.82, 2.24) is 4.98 Å². The van der Waals surface area contributed by atoms with Gasteiger partial charge in [-0.15, -0.1) is 0 Å². The first-order valence-electron chi connectivity index (χ1n) is 5.29. The number of aryl methyl sites for hydroxylation is 1. The van der Waals surface area contributed by atoms with Crippen molar-refractivity contribution in [2.24, 2.45) is 0 Å². The number of benzene rings is 1. The van der Waals surface area contributed by atoms with E-state index in [2.05, 4.69) is 4.98 Å². The summed E-state index contributed by atoms with van der Waals surface area (Å²) in [4.78, 5) is 4.00. The predicted octanol–water partition coefficient (Wildman–Crippen LogP) is 2.95. The van der Waals surface area contributed by atoms with Gasteiger partial charge in [-0.1, -0.05) is 0 Å². The van der Waals surface area contributed by atoms with Crippen LogP contribution in [0.25, 0.3) is 0 Å². The largest absolute Gasteiger partial charge is 0.457 e. The molecule has 0 aliphatic heterocycles. The summed E-state index contributed by atoms with van der Waals surface area (Å²) in [5.41, 5.74) is 1.13. The molecular weight excluding hydrogens is 240 g/mol. The van der Waals surface area contributed by atoms with Crippen LogP contribution in [0.4, 0.5) is 8.78 Å². The second-order valence-corrected chi connectivity index (χ2v) is 3.80. The third-order valence-electron chi connectivity index (χ3n) is 2.31. The number of aromatic nitrogens is 1. The van der Waals surface area contributed by atoms with Gasteiger partial charge < -0.3 is 9.84 Å². The average molecular weight is 251 g/mol. The molecule has 0 saturated carbocycles. The summed E-state index contributed by atoms with van der Waals surface area (Å²) in [6.45, 7) is 1.49. The van der Waals surface area contributed by atoms with Crippen molar-refractivity contribution in [1.29, 1.82) is 0 Å². The normalized spacial score (nSPS) is 10.4. The first kappa shape index (κ1) is 12.4. The standard InChI is InChI=1S/C13H11F2NO2/c1-8-2-13(9(7-17)6-16-8)18-12-4-10(14)3-11(15)5-12/h2-6,17H,7H2,1H3. The van der Waals surface area contributed by atoms with E-state index in [0.29, 0.717) is 17.0 Å². The minimum atomic E-state index is -0.721. The van der Waals surface area contributed by atoms with Gasteiger partial charge in [-0.3, -0.25) is 4.98 Å². The smallest absolute Gasteiger partial charge is 0.136 e. The molecule has 0 radical (unpaired) electrons. The van der Waals surface area contributed by atoms with Gasteiger partial charge in [0, 0.05) is 41.7 Å². The molecule has 0 unspecified atom stereocenters. The van der Waals surface area contributed by atoms with Crippen molar-refractivity contribution in [3.63, 3.8) is 0 Å². The molecule has 94 valence electrons. The maximum Gasteiger partial charge on any atom is 0.136 e. The quantitative estimate of drug-likeness (QED) is 0.911. The van der Waals surface area contributed by atoms with E-state index in [1.165, 1.54) is 6.20 Å². The molecule has 2 rings (SSSR count).